The maximum atomic E-state index is 10.2. The molecule has 0 saturated carbocycles. The summed E-state index contributed by atoms with van der Waals surface area (Å²) in [5.74, 6) is 0. The van der Waals surface area contributed by atoms with Gasteiger partial charge in [0.2, 0.25) is 0 Å². The Bertz CT molecular complexity index is 142. The van der Waals surface area contributed by atoms with Crippen molar-refractivity contribution in [3.63, 3.8) is 0 Å². The Morgan fingerprint density at radius 3 is 2.55 bits per heavy atom. The van der Waals surface area contributed by atoms with Gasteiger partial charge in [-0.15, -0.1) is 0 Å². The van der Waals surface area contributed by atoms with Crippen LogP contribution in [0.5, 0.6) is 0 Å². The standard InChI is InChI=1S/C3H8ClO5P.Na/c1-3(5)2-8-10(6,7)9-4;/h3,5H,2H2,1H3,(H,6,7);/q;+1/p-1. The van der Waals surface area contributed by atoms with Crippen molar-refractivity contribution < 1.29 is 52.7 Å². The molecule has 62 valence electrons. The molecule has 0 saturated heterocycles. The molecule has 0 aromatic rings. The van der Waals surface area contributed by atoms with Gasteiger partial charge in [-0.3, -0.25) is 4.57 Å². The van der Waals surface area contributed by atoms with Gasteiger partial charge < -0.3 is 14.5 Å². The summed E-state index contributed by atoms with van der Waals surface area (Å²) in [6.45, 7) is 1.02. The minimum absolute atomic E-state index is 0. The summed E-state index contributed by atoms with van der Waals surface area (Å²) < 4.78 is 17.7. The minimum Gasteiger partial charge on any atom is -0.755 e. The maximum absolute atomic E-state index is 10.2. The molecular formula is C3H7ClNaO5P. The van der Waals surface area contributed by atoms with Gasteiger partial charge in [0.15, 0.2) is 0 Å². The van der Waals surface area contributed by atoms with E-state index in [1.54, 1.807) is 0 Å². The SMILES string of the molecule is CC(O)COP(=O)([O-])OCl.[Na+]. The average Bonchev–Trinajstić information content (AvgIpc) is 1.85. The van der Waals surface area contributed by atoms with Gasteiger partial charge in [-0.05, 0) is 6.92 Å². The number of phosphoric ester groups is 1. The predicted octanol–water partition coefficient (Wildman–Crippen LogP) is -2.97. The molecule has 0 heterocycles. The number of hydrogen-bond acceptors (Lipinski definition) is 5. The first-order chi connectivity index (χ1) is 4.48. The first-order valence-electron chi connectivity index (χ1n) is 2.42. The molecule has 0 bridgehead atoms. The first-order valence-corrected chi connectivity index (χ1v) is 4.19. The third kappa shape index (κ3) is 9.27. The summed E-state index contributed by atoms with van der Waals surface area (Å²) in [4.78, 5) is 10.2. The minimum atomic E-state index is -4.37. The van der Waals surface area contributed by atoms with Crippen LogP contribution >= 0.6 is 19.7 Å². The second-order valence-corrected chi connectivity index (χ2v) is 3.37. The molecule has 0 aromatic heterocycles. The number of hydrogen-bond donors (Lipinski definition) is 1. The molecule has 0 aliphatic heterocycles. The van der Waals surface area contributed by atoms with Gasteiger partial charge in [0.1, 0.15) is 0 Å². The Morgan fingerprint density at radius 1 is 1.82 bits per heavy atom. The van der Waals surface area contributed by atoms with Crippen LogP contribution in [-0.2, 0) is 13.2 Å². The van der Waals surface area contributed by atoms with Crippen LogP contribution in [0.1, 0.15) is 6.92 Å². The van der Waals surface area contributed by atoms with Crippen LogP contribution in [0.4, 0.5) is 0 Å². The van der Waals surface area contributed by atoms with E-state index in [4.69, 9.17) is 5.11 Å². The molecule has 0 rings (SSSR count). The molecule has 0 amide bonds. The summed E-state index contributed by atoms with van der Waals surface area (Å²) in [7, 11) is -4.37. The Morgan fingerprint density at radius 2 is 2.27 bits per heavy atom. The fourth-order valence-electron chi connectivity index (χ4n) is 0.219. The van der Waals surface area contributed by atoms with Gasteiger partial charge >= 0.3 is 29.6 Å². The van der Waals surface area contributed by atoms with Crippen molar-refractivity contribution in [1.82, 2.24) is 0 Å². The summed E-state index contributed by atoms with van der Waals surface area (Å²) >= 11 is 4.49. The molecule has 2 atom stereocenters. The number of rotatable bonds is 4. The van der Waals surface area contributed by atoms with Crippen molar-refractivity contribution in [3.8, 4) is 0 Å². The van der Waals surface area contributed by atoms with Crippen molar-refractivity contribution >= 4 is 19.7 Å². The average molecular weight is 213 g/mol. The number of phosphoric acid groups is 1. The van der Waals surface area contributed by atoms with Crippen molar-refractivity contribution in [2.24, 2.45) is 0 Å². The molecule has 0 aliphatic rings. The van der Waals surface area contributed by atoms with E-state index in [0.29, 0.717) is 0 Å². The molecule has 0 aliphatic carbocycles. The Kier molecular flexibility index (Phi) is 9.23. The van der Waals surface area contributed by atoms with Gasteiger partial charge in [-0.2, -0.15) is 0 Å². The number of aliphatic hydroxyl groups excluding tert-OH is 1. The van der Waals surface area contributed by atoms with Gasteiger partial charge in [-0.1, -0.05) is 0 Å². The van der Waals surface area contributed by atoms with Crippen LogP contribution in [0.25, 0.3) is 0 Å². The third-order valence-electron chi connectivity index (χ3n) is 0.558. The summed E-state index contributed by atoms with van der Waals surface area (Å²) in [6.07, 6.45) is -0.867. The molecule has 11 heavy (non-hydrogen) atoms. The summed E-state index contributed by atoms with van der Waals surface area (Å²) in [6, 6.07) is 0. The second-order valence-electron chi connectivity index (χ2n) is 1.66. The quantitative estimate of drug-likeness (QED) is 0.398. The fourth-order valence-corrected chi connectivity index (χ4v) is 0.777. The van der Waals surface area contributed by atoms with Crippen molar-refractivity contribution in [3.05, 3.63) is 0 Å². The molecule has 0 aromatic carbocycles. The zero-order valence-corrected chi connectivity index (χ0v) is 9.84. The Balaban J connectivity index is 0. The second kappa shape index (κ2) is 6.83. The monoisotopic (exact) mass is 212 g/mol. The van der Waals surface area contributed by atoms with Crippen molar-refractivity contribution in [2.45, 2.75) is 13.0 Å². The normalized spacial score (nSPS) is 18.2. The van der Waals surface area contributed by atoms with Gasteiger partial charge in [0, 0.05) is 0 Å². The van der Waals surface area contributed by atoms with E-state index in [-0.39, 0.29) is 36.2 Å². The summed E-state index contributed by atoms with van der Waals surface area (Å²) in [5.41, 5.74) is 0. The largest absolute Gasteiger partial charge is 1.00 e. The third-order valence-corrected chi connectivity index (χ3v) is 1.70. The molecule has 0 spiro atoms. The zero-order chi connectivity index (χ0) is 8.20. The van der Waals surface area contributed by atoms with Crippen LogP contribution in [0.2, 0.25) is 0 Å². The Labute approximate surface area is 91.7 Å². The molecule has 0 fully saturated rings. The molecule has 5 nitrogen and oxygen atoms in total. The van der Waals surface area contributed by atoms with E-state index >= 15 is 0 Å². The van der Waals surface area contributed by atoms with Crippen molar-refractivity contribution in [1.29, 1.82) is 0 Å². The van der Waals surface area contributed by atoms with Gasteiger partial charge in [-0.25, -0.2) is 4.08 Å². The smallest absolute Gasteiger partial charge is 0.755 e. The Hall–Kier alpha value is 1.36. The van der Waals surface area contributed by atoms with Gasteiger partial charge in [0.05, 0.1) is 24.6 Å². The molecule has 8 heteroatoms. The molecule has 1 N–H and O–H groups in total. The van der Waals surface area contributed by atoms with Crippen LogP contribution in [-0.4, -0.2) is 17.8 Å². The van der Waals surface area contributed by atoms with Crippen LogP contribution in [0, 0.1) is 0 Å². The first kappa shape index (κ1) is 14.9. The van der Waals surface area contributed by atoms with E-state index in [9.17, 15) is 9.46 Å². The fraction of sp³-hybridized carbons (Fsp3) is 1.00. The van der Waals surface area contributed by atoms with E-state index < -0.39 is 13.9 Å². The van der Waals surface area contributed by atoms with E-state index in [0.717, 1.165) is 0 Å². The molecule has 0 radical (unpaired) electrons. The predicted molar refractivity (Wildman–Crippen MR) is 32.2 cm³/mol. The van der Waals surface area contributed by atoms with Crippen LogP contribution in [0.15, 0.2) is 0 Å². The van der Waals surface area contributed by atoms with Gasteiger partial charge in [0.25, 0.3) is 7.82 Å². The van der Waals surface area contributed by atoms with Crippen molar-refractivity contribution in [2.75, 3.05) is 6.61 Å². The maximum Gasteiger partial charge on any atom is 1.00 e. The zero-order valence-electron chi connectivity index (χ0n) is 6.19. The molecule has 2 unspecified atom stereocenters. The van der Waals surface area contributed by atoms with E-state index in [1.807, 2.05) is 0 Å². The number of aliphatic hydroxyl groups is 1. The molecular weight excluding hydrogens is 205 g/mol. The topological polar surface area (TPSA) is 78.8 Å². The van der Waals surface area contributed by atoms with E-state index in [1.165, 1.54) is 6.92 Å². The summed E-state index contributed by atoms with van der Waals surface area (Å²) in [5, 5.41) is 8.53. The van der Waals surface area contributed by atoms with Crippen LogP contribution < -0.4 is 34.5 Å². The van der Waals surface area contributed by atoms with Crippen LogP contribution in [0.3, 0.4) is 0 Å². The number of halogens is 1. The van der Waals surface area contributed by atoms with E-state index in [2.05, 4.69) is 20.5 Å².